The number of esters is 2. The van der Waals surface area contributed by atoms with E-state index in [0.29, 0.717) is 25.1 Å². The van der Waals surface area contributed by atoms with E-state index in [1.54, 1.807) is 7.11 Å². The Morgan fingerprint density at radius 1 is 1.21 bits per heavy atom. The molecule has 1 aromatic rings. The summed E-state index contributed by atoms with van der Waals surface area (Å²) in [5.74, 6) is -0.441. The van der Waals surface area contributed by atoms with Crippen molar-refractivity contribution in [3.05, 3.63) is 29.8 Å². The first-order chi connectivity index (χ1) is 13.7. The summed E-state index contributed by atoms with van der Waals surface area (Å²) >= 11 is 0. The highest BCUT2D eigenvalue weighted by Gasteiger charge is 2.62. The van der Waals surface area contributed by atoms with Crippen molar-refractivity contribution in [2.45, 2.75) is 57.2 Å². The molecule has 2 heterocycles. The van der Waals surface area contributed by atoms with Gasteiger partial charge in [-0.25, -0.2) is 0 Å². The third-order valence-corrected chi connectivity index (χ3v) is 5.67. The van der Waals surface area contributed by atoms with E-state index < -0.39 is 17.1 Å². The Kier molecular flexibility index (Phi) is 6.19. The number of ether oxygens (including phenoxy) is 4. The Morgan fingerprint density at radius 2 is 1.93 bits per heavy atom. The van der Waals surface area contributed by atoms with Crippen LogP contribution < -0.4 is 4.74 Å². The molecule has 160 valence electrons. The van der Waals surface area contributed by atoms with E-state index in [-0.39, 0.29) is 24.8 Å². The lowest BCUT2D eigenvalue weighted by Gasteiger charge is -2.35. The second kappa shape index (κ2) is 8.32. The molecule has 0 N–H and O–H groups in total. The smallest absolute Gasteiger partial charge is 0.327 e. The second-order valence-electron chi connectivity index (χ2n) is 8.70. The molecule has 29 heavy (non-hydrogen) atoms. The minimum atomic E-state index is -0.828. The number of rotatable bonds is 6. The molecule has 2 fully saturated rings. The molecule has 7 nitrogen and oxygen atoms in total. The molecule has 0 radical (unpaired) electrons. The highest BCUT2D eigenvalue weighted by molar-refractivity contribution is 5.85. The SMILES string of the molecule is COCOc1ccccc1[C@H]1[C@@H](C(=O)OC)C[C@@]2(C(=O)OC(C)(C)C)CCCN12. The second-order valence-corrected chi connectivity index (χ2v) is 8.70. The maximum Gasteiger partial charge on any atom is 0.327 e. The Bertz CT molecular complexity index is 758. The van der Waals surface area contributed by atoms with Crippen LogP contribution in [0.3, 0.4) is 0 Å². The van der Waals surface area contributed by atoms with Crippen molar-refractivity contribution >= 4 is 11.9 Å². The number of carbonyl (C=O) groups excluding carboxylic acids is 2. The zero-order chi connectivity index (χ0) is 21.2. The Labute approximate surface area is 172 Å². The average Bonchev–Trinajstić information content (AvgIpc) is 3.22. The summed E-state index contributed by atoms with van der Waals surface area (Å²) in [6.45, 7) is 6.39. The van der Waals surface area contributed by atoms with Crippen molar-refractivity contribution in [1.29, 1.82) is 0 Å². The zero-order valence-electron chi connectivity index (χ0n) is 17.9. The van der Waals surface area contributed by atoms with Crippen LogP contribution in [0.4, 0.5) is 0 Å². The first-order valence-corrected chi connectivity index (χ1v) is 10.0. The number of fused-ring (bicyclic) bond motifs is 1. The number of para-hydroxylation sites is 1. The van der Waals surface area contributed by atoms with Crippen LogP contribution in [0, 0.1) is 5.92 Å². The number of methoxy groups -OCH3 is 2. The lowest BCUT2D eigenvalue weighted by molar-refractivity contribution is -0.167. The van der Waals surface area contributed by atoms with Crippen molar-refractivity contribution in [1.82, 2.24) is 4.90 Å². The van der Waals surface area contributed by atoms with Gasteiger partial charge in [0.25, 0.3) is 0 Å². The van der Waals surface area contributed by atoms with Crippen LogP contribution in [0.1, 0.15) is 51.6 Å². The van der Waals surface area contributed by atoms with Crippen LogP contribution in [-0.4, -0.2) is 55.5 Å². The average molecular weight is 405 g/mol. The maximum atomic E-state index is 13.3. The molecule has 0 amide bonds. The molecule has 2 aliphatic heterocycles. The minimum Gasteiger partial charge on any atom is -0.469 e. The summed E-state index contributed by atoms with van der Waals surface area (Å²) in [4.78, 5) is 28.1. The van der Waals surface area contributed by atoms with Gasteiger partial charge in [-0.2, -0.15) is 0 Å². The molecule has 3 atom stereocenters. The summed E-state index contributed by atoms with van der Waals surface area (Å²) in [7, 11) is 2.94. The van der Waals surface area contributed by atoms with Crippen LogP contribution in [0.2, 0.25) is 0 Å². The molecule has 2 aliphatic rings. The largest absolute Gasteiger partial charge is 0.469 e. The van der Waals surface area contributed by atoms with Gasteiger partial charge in [0, 0.05) is 12.7 Å². The molecule has 3 rings (SSSR count). The number of hydrogen-bond acceptors (Lipinski definition) is 7. The van der Waals surface area contributed by atoms with Gasteiger partial charge in [-0.3, -0.25) is 14.5 Å². The number of carbonyl (C=O) groups is 2. The number of nitrogens with zero attached hydrogens (tertiary/aromatic N) is 1. The molecule has 0 unspecified atom stereocenters. The predicted molar refractivity (Wildman–Crippen MR) is 106 cm³/mol. The summed E-state index contributed by atoms with van der Waals surface area (Å²) in [6.07, 6.45) is 1.90. The Balaban J connectivity index is 2.04. The fourth-order valence-corrected chi connectivity index (χ4v) is 4.62. The van der Waals surface area contributed by atoms with E-state index in [1.165, 1.54) is 7.11 Å². The van der Waals surface area contributed by atoms with Gasteiger partial charge >= 0.3 is 11.9 Å². The van der Waals surface area contributed by atoms with Gasteiger partial charge in [-0.1, -0.05) is 18.2 Å². The summed E-state index contributed by atoms with van der Waals surface area (Å²) in [6, 6.07) is 7.25. The van der Waals surface area contributed by atoms with Gasteiger partial charge in [-0.05, 0) is 52.6 Å². The van der Waals surface area contributed by atoms with Gasteiger partial charge in [-0.15, -0.1) is 0 Å². The van der Waals surface area contributed by atoms with Gasteiger partial charge in [0.1, 0.15) is 16.9 Å². The molecule has 1 aromatic carbocycles. The molecule has 2 saturated heterocycles. The van der Waals surface area contributed by atoms with Crippen LogP contribution in [-0.2, 0) is 23.8 Å². The monoisotopic (exact) mass is 405 g/mol. The first-order valence-electron chi connectivity index (χ1n) is 10.0. The predicted octanol–water partition coefficient (Wildman–Crippen LogP) is 3.08. The summed E-state index contributed by atoms with van der Waals surface area (Å²) in [5.41, 5.74) is -0.573. The third kappa shape index (κ3) is 4.12. The van der Waals surface area contributed by atoms with Crippen LogP contribution in [0.25, 0.3) is 0 Å². The number of benzene rings is 1. The van der Waals surface area contributed by atoms with Crippen molar-refractivity contribution in [3.63, 3.8) is 0 Å². The summed E-state index contributed by atoms with van der Waals surface area (Å²) < 4.78 is 21.7. The van der Waals surface area contributed by atoms with Crippen molar-refractivity contribution in [3.8, 4) is 5.75 Å². The van der Waals surface area contributed by atoms with E-state index in [4.69, 9.17) is 18.9 Å². The molecule has 0 bridgehead atoms. The topological polar surface area (TPSA) is 74.3 Å². The van der Waals surface area contributed by atoms with Crippen LogP contribution in [0.5, 0.6) is 5.75 Å². The standard InChI is InChI=1S/C22H31NO6/c1-21(2,3)29-20(25)22-11-8-12-23(22)18(16(13-22)19(24)27-5)15-9-6-7-10-17(15)28-14-26-4/h6-7,9-10,16,18H,8,11-14H2,1-5H3/t16-,18-,22+/m0/s1. The van der Waals surface area contributed by atoms with E-state index in [2.05, 4.69) is 4.90 Å². The molecule has 7 heteroatoms. The first kappa shape index (κ1) is 21.6. The van der Waals surface area contributed by atoms with E-state index >= 15 is 0 Å². The summed E-state index contributed by atoms with van der Waals surface area (Å²) in [5, 5.41) is 0. The quantitative estimate of drug-likeness (QED) is 0.532. The van der Waals surface area contributed by atoms with E-state index in [0.717, 1.165) is 12.0 Å². The maximum absolute atomic E-state index is 13.3. The van der Waals surface area contributed by atoms with Gasteiger partial charge < -0.3 is 18.9 Å². The molecular weight excluding hydrogens is 374 g/mol. The van der Waals surface area contributed by atoms with Crippen LogP contribution >= 0.6 is 0 Å². The van der Waals surface area contributed by atoms with E-state index in [9.17, 15) is 9.59 Å². The molecule has 0 aromatic heterocycles. The van der Waals surface area contributed by atoms with Crippen molar-refractivity contribution in [2.24, 2.45) is 5.92 Å². The van der Waals surface area contributed by atoms with Crippen molar-refractivity contribution in [2.75, 3.05) is 27.6 Å². The molecular formula is C22H31NO6. The fraction of sp³-hybridized carbons (Fsp3) is 0.636. The van der Waals surface area contributed by atoms with Gasteiger partial charge in [0.2, 0.25) is 0 Å². The van der Waals surface area contributed by atoms with E-state index in [1.807, 2.05) is 45.0 Å². The fourth-order valence-electron chi connectivity index (χ4n) is 4.62. The zero-order valence-corrected chi connectivity index (χ0v) is 17.9. The molecule has 0 saturated carbocycles. The highest BCUT2D eigenvalue weighted by atomic mass is 16.7. The number of hydrogen-bond donors (Lipinski definition) is 0. The lowest BCUT2D eigenvalue weighted by atomic mass is 9.86. The Hall–Kier alpha value is -2.12. The Morgan fingerprint density at radius 3 is 2.59 bits per heavy atom. The van der Waals surface area contributed by atoms with Gasteiger partial charge in [0.05, 0.1) is 19.1 Å². The normalized spacial score (nSPS) is 26.8. The van der Waals surface area contributed by atoms with Gasteiger partial charge in [0.15, 0.2) is 6.79 Å². The third-order valence-electron chi connectivity index (χ3n) is 5.67. The lowest BCUT2D eigenvalue weighted by Crippen LogP contribution is -2.49. The molecule has 0 spiro atoms. The highest BCUT2D eigenvalue weighted by Crippen LogP contribution is 2.54. The van der Waals surface area contributed by atoms with Crippen molar-refractivity contribution < 1.29 is 28.5 Å². The molecule has 0 aliphatic carbocycles. The minimum absolute atomic E-state index is 0.101. The van der Waals surface area contributed by atoms with Crippen LogP contribution in [0.15, 0.2) is 24.3 Å².